The highest BCUT2D eigenvalue weighted by molar-refractivity contribution is 5.85. The summed E-state index contributed by atoms with van der Waals surface area (Å²) in [5, 5.41) is 8.75. The number of hydrogen-bond acceptors (Lipinski definition) is 3. The topological polar surface area (TPSA) is 53.4 Å². The van der Waals surface area contributed by atoms with Crippen LogP contribution >= 0.6 is 0 Å². The van der Waals surface area contributed by atoms with Gasteiger partial charge in [-0.3, -0.25) is 0 Å². The molecular weight excluding hydrogens is 204 g/mol. The summed E-state index contributed by atoms with van der Waals surface area (Å²) < 4.78 is 0. The monoisotopic (exact) mass is 220 g/mol. The molecule has 1 aromatic heterocycles. The van der Waals surface area contributed by atoms with Crippen molar-refractivity contribution in [2.75, 3.05) is 11.9 Å². The molecule has 0 bridgehead atoms. The van der Waals surface area contributed by atoms with Crippen molar-refractivity contribution in [1.29, 1.82) is 0 Å². The fourth-order valence-electron chi connectivity index (χ4n) is 2.22. The van der Waals surface area contributed by atoms with Gasteiger partial charge in [0.05, 0.1) is 11.9 Å². The van der Waals surface area contributed by atoms with Crippen LogP contribution in [0.2, 0.25) is 0 Å². The molecule has 0 saturated heterocycles. The number of carbonyl (C=O) groups is 1. The van der Waals surface area contributed by atoms with Gasteiger partial charge >= 0.3 is 5.97 Å². The Bertz CT molecular complexity index is 369. The highest BCUT2D eigenvalue weighted by Crippen LogP contribution is 2.26. The van der Waals surface area contributed by atoms with Crippen LogP contribution in [0.4, 0.5) is 5.69 Å². The predicted molar refractivity (Wildman–Crippen MR) is 61.9 cm³/mol. The van der Waals surface area contributed by atoms with Crippen molar-refractivity contribution in [3.63, 3.8) is 0 Å². The van der Waals surface area contributed by atoms with E-state index in [9.17, 15) is 4.79 Å². The number of hydrogen-bond donors (Lipinski definition) is 1. The SMILES string of the molecule is CN(c1ccc(C(=O)O)nc1)C1CCCC1. The summed E-state index contributed by atoms with van der Waals surface area (Å²) in [6, 6.07) is 3.97. The maximum absolute atomic E-state index is 10.7. The van der Waals surface area contributed by atoms with E-state index in [0.29, 0.717) is 6.04 Å². The largest absolute Gasteiger partial charge is 0.477 e. The maximum Gasteiger partial charge on any atom is 0.354 e. The van der Waals surface area contributed by atoms with Gasteiger partial charge in [0.15, 0.2) is 0 Å². The van der Waals surface area contributed by atoms with Crippen LogP contribution in [0.5, 0.6) is 0 Å². The molecule has 16 heavy (non-hydrogen) atoms. The van der Waals surface area contributed by atoms with Crippen LogP contribution in [0.25, 0.3) is 0 Å². The van der Waals surface area contributed by atoms with Crippen molar-refractivity contribution in [3.8, 4) is 0 Å². The Morgan fingerprint density at radius 3 is 2.62 bits per heavy atom. The van der Waals surface area contributed by atoms with Gasteiger partial charge in [-0.25, -0.2) is 9.78 Å². The minimum Gasteiger partial charge on any atom is -0.477 e. The fraction of sp³-hybridized carbons (Fsp3) is 0.500. The van der Waals surface area contributed by atoms with Crippen LogP contribution in [-0.2, 0) is 0 Å². The molecule has 1 fully saturated rings. The fourth-order valence-corrected chi connectivity index (χ4v) is 2.22. The Balaban J connectivity index is 2.11. The van der Waals surface area contributed by atoms with Crippen LogP contribution in [-0.4, -0.2) is 29.1 Å². The van der Waals surface area contributed by atoms with E-state index in [4.69, 9.17) is 5.11 Å². The molecular formula is C12H16N2O2. The number of anilines is 1. The van der Waals surface area contributed by atoms with Gasteiger partial charge in [-0.1, -0.05) is 12.8 Å². The third kappa shape index (κ3) is 2.15. The lowest BCUT2D eigenvalue weighted by Crippen LogP contribution is -2.28. The Morgan fingerprint density at radius 2 is 2.12 bits per heavy atom. The van der Waals surface area contributed by atoms with Crippen molar-refractivity contribution in [3.05, 3.63) is 24.0 Å². The first-order valence-electron chi connectivity index (χ1n) is 5.60. The number of carboxylic acids is 1. The second-order valence-corrected chi connectivity index (χ2v) is 4.26. The molecule has 0 aliphatic heterocycles. The first kappa shape index (κ1) is 10.9. The van der Waals surface area contributed by atoms with Crippen molar-refractivity contribution in [1.82, 2.24) is 4.98 Å². The smallest absolute Gasteiger partial charge is 0.354 e. The number of nitrogens with zero attached hydrogens (tertiary/aromatic N) is 2. The third-order valence-electron chi connectivity index (χ3n) is 3.25. The Kier molecular flexibility index (Phi) is 3.08. The molecule has 1 saturated carbocycles. The number of pyridine rings is 1. The van der Waals surface area contributed by atoms with Crippen LogP contribution < -0.4 is 4.90 Å². The molecule has 1 aromatic rings. The Labute approximate surface area is 94.9 Å². The normalized spacial score (nSPS) is 16.3. The van der Waals surface area contributed by atoms with E-state index in [0.717, 1.165) is 5.69 Å². The molecule has 86 valence electrons. The zero-order valence-electron chi connectivity index (χ0n) is 9.39. The molecule has 0 unspecified atom stereocenters. The van der Waals surface area contributed by atoms with Gasteiger partial charge in [-0.2, -0.15) is 0 Å². The van der Waals surface area contributed by atoms with E-state index in [1.165, 1.54) is 25.7 Å². The average Bonchev–Trinajstić information content (AvgIpc) is 2.81. The Hall–Kier alpha value is -1.58. The first-order chi connectivity index (χ1) is 7.68. The van der Waals surface area contributed by atoms with E-state index < -0.39 is 5.97 Å². The minimum absolute atomic E-state index is 0.101. The van der Waals surface area contributed by atoms with E-state index >= 15 is 0 Å². The number of rotatable bonds is 3. The Morgan fingerprint density at radius 1 is 1.44 bits per heavy atom. The van der Waals surface area contributed by atoms with E-state index in [1.807, 2.05) is 13.1 Å². The highest BCUT2D eigenvalue weighted by atomic mass is 16.4. The van der Waals surface area contributed by atoms with Crippen molar-refractivity contribution in [2.45, 2.75) is 31.7 Å². The lowest BCUT2D eigenvalue weighted by atomic mass is 10.2. The van der Waals surface area contributed by atoms with Gasteiger partial charge in [0.2, 0.25) is 0 Å². The molecule has 1 heterocycles. The molecule has 4 heteroatoms. The molecule has 0 radical (unpaired) electrons. The molecule has 1 aliphatic rings. The molecule has 2 rings (SSSR count). The minimum atomic E-state index is -0.977. The van der Waals surface area contributed by atoms with Gasteiger partial charge in [-0.05, 0) is 25.0 Å². The second kappa shape index (κ2) is 4.51. The van der Waals surface area contributed by atoms with Gasteiger partial charge in [-0.15, -0.1) is 0 Å². The molecule has 0 spiro atoms. The van der Waals surface area contributed by atoms with Gasteiger partial charge in [0.25, 0.3) is 0 Å². The van der Waals surface area contributed by atoms with Crippen molar-refractivity contribution in [2.24, 2.45) is 0 Å². The van der Waals surface area contributed by atoms with Gasteiger partial charge in [0, 0.05) is 13.1 Å². The molecule has 1 N–H and O–H groups in total. The summed E-state index contributed by atoms with van der Waals surface area (Å²) in [6.07, 6.45) is 6.65. The number of aromatic nitrogens is 1. The molecule has 0 amide bonds. The summed E-state index contributed by atoms with van der Waals surface area (Å²) in [4.78, 5) is 16.8. The zero-order chi connectivity index (χ0) is 11.5. The number of aromatic carboxylic acids is 1. The van der Waals surface area contributed by atoms with E-state index in [2.05, 4.69) is 9.88 Å². The van der Waals surface area contributed by atoms with Crippen LogP contribution in [0.1, 0.15) is 36.2 Å². The summed E-state index contributed by atoms with van der Waals surface area (Å²) >= 11 is 0. The molecule has 0 aromatic carbocycles. The van der Waals surface area contributed by atoms with E-state index in [1.54, 1.807) is 12.3 Å². The lowest BCUT2D eigenvalue weighted by molar-refractivity contribution is 0.0690. The highest BCUT2D eigenvalue weighted by Gasteiger charge is 2.20. The van der Waals surface area contributed by atoms with Crippen LogP contribution in [0.3, 0.4) is 0 Å². The number of carboxylic acid groups (broad SMARTS) is 1. The van der Waals surface area contributed by atoms with Crippen LogP contribution in [0.15, 0.2) is 18.3 Å². The molecule has 4 nitrogen and oxygen atoms in total. The van der Waals surface area contributed by atoms with E-state index in [-0.39, 0.29) is 5.69 Å². The molecule has 1 aliphatic carbocycles. The third-order valence-corrected chi connectivity index (χ3v) is 3.25. The van der Waals surface area contributed by atoms with Gasteiger partial charge in [0.1, 0.15) is 5.69 Å². The predicted octanol–water partition coefficient (Wildman–Crippen LogP) is 2.16. The second-order valence-electron chi connectivity index (χ2n) is 4.26. The summed E-state index contributed by atoms with van der Waals surface area (Å²) in [6.45, 7) is 0. The van der Waals surface area contributed by atoms with Crippen molar-refractivity contribution < 1.29 is 9.90 Å². The average molecular weight is 220 g/mol. The van der Waals surface area contributed by atoms with Crippen LogP contribution in [0, 0.1) is 0 Å². The lowest BCUT2D eigenvalue weighted by Gasteiger charge is -2.26. The summed E-state index contributed by atoms with van der Waals surface area (Å²) in [5.41, 5.74) is 1.10. The maximum atomic E-state index is 10.7. The summed E-state index contributed by atoms with van der Waals surface area (Å²) in [7, 11) is 2.05. The standard InChI is InChI=1S/C12H16N2O2/c1-14(9-4-2-3-5-9)10-6-7-11(12(15)16)13-8-10/h6-9H,2-5H2,1H3,(H,15,16). The first-order valence-corrected chi connectivity index (χ1v) is 5.60. The summed E-state index contributed by atoms with van der Waals surface area (Å²) in [5.74, 6) is -0.977. The quantitative estimate of drug-likeness (QED) is 0.848. The van der Waals surface area contributed by atoms with Gasteiger partial charge < -0.3 is 10.0 Å². The zero-order valence-corrected chi connectivity index (χ0v) is 9.39. The molecule has 0 atom stereocenters. The van der Waals surface area contributed by atoms with Crippen molar-refractivity contribution >= 4 is 11.7 Å².